The summed E-state index contributed by atoms with van der Waals surface area (Å²) < 4.78 is 1.15. The molecular weight excluding hydrogens is 262 g/mol. The number of primary amides is 1. The van der Waals surface area contributed by atoms with E-state index < -0.39 is 29.0 Å². The second-order valence-electron chi connectivity index (χ2n) is 5.30. The standard InChI is InChI=1S/C13H19N3O4/c1-6(10(17)18)9-7(2)15-12(20)16(8(9)3)13(4,5)11(14)19/h6H,1-5H3,(H2,14,19)(H,17,18). The first kappa shape index (κ1) is 15.9. The molecule has 7 nitrogen and oxygen atoms in total. The summed E-state index contributed by atoms with van der Waals surface area (Å²) in [7, 11) is 0. The molecule has 0 aromatic carbocycles. The Morgan fingerprint density at radius 1 is 1.35 bits per heavy atom. The lowest BCUT2D eigenvalue weighted by Gasteiger charge is -2.28. The molecule has 0 spiro atoms. The van der Waals surface area contributed by atoms with E-state index >= 15 is 0 Å². The van der Waals surface area contributed by atoms with Crippen LogP contribution in [-0.2, 0) is 15.1 Å². The number of aliphatic carboxylic acids is 1. The van der Waals surface area contributed by atoms with Gasteiger partial charge in [0.25, 0.3) is 0 Å². The second kappa shape index (κ2) is 5.07. The first-order valence-electron chi connectivity index (χ1n) is 6.15. The number of hydrogen-bond acceptors (Lipinski definition) is 4. The molecule has 0 saturated carbocycles. The van der Waals surface area contributed by atoms with Crippen LogP contribution >= 0.6 is 0 Å². The number of carboxylic acids is 1. The zero-order chi connectivity index (χ0) is 15.8. The third-order valence-corrected chi connectivity index (χ3v) is 3.54. The van der Waals surface area contributed by atoms with Crippen LogP contribution in [0.3, 0.4) is 0 Å². The second-order valence-corrected chi connectivity index (χ2v) is 5.30. The molecule has 0 aliphatic heterocycles. The number of nitrogens with zero attached hydrogens (tertiary/aromatic N) is 2. The summed E-state index contributed by atoms with van der Waals surface area (Å²) in [5.41, 5.74) is 4.58. The normalized spacial score (nSPS) is 13.1. The minimum Gasteiger partial charge on any atom is -0.481 e. The van der Waals surface area contributed by atoms with Gasteiger partial charge in [-0.05, 0) is 34.6 Å². The van der Waals surface area contributed by atoms with E-state index in [1.807, 2.05) is 0 Å². The van der Waals surface area contributed by atoms with Crippen LogP contribution < -0.4 is 11.4 Å². The van der Waals surface area contributed by atoms with Crippen molar-refractivity contribution in [2.45, 2.75) is 46.1 Å². The fourth-order valence-electron chi connectivity index (χ4n) is 2.30. The molecule has 1 unspecified atom stereocenters. The van der Waals surface area contributed by atoms with Crippen molar-refractivity contribution in [3.8, 4) is 0 Å². The lowest BCUT2D eigenvalue weighted by molar-refractivity contribution is -0.138. The smallest absolute Gasteiger partial charge is 0.348 e. The van der Waals surface area contributed by atoms with Gasteiger partial charge in [0.05, 0.1) is 5.92 Å². The third kappa shape index (κ3) is 2.43. The Morgan fingerprint density at radius 3 is 2.25 bits per heavy atom. The Balaban J connectivity index is 3.74. The number of nitrogens with two attached hydrogens (primary N) is 1. The summed E-state index contributed by atoms with van der Waals surface area (Å²) in [4.78, 5) is 38.6. The number of amides is 1. The first-order chi connectivity index (χ1) is 9.01. The van der Waals surface area contributed by atoms with Crippen molar-refractivity contribution in [1.82, 2.24) is 9.55 Å². The predicted octanol–water partition coefficient (Wildman–Crippen LogP) is 0.269. The Morgan fingerprint density at radius 2 is 1.85 bits per heavy atom. The van der Waals surface area contributed by atoms with Gasteiger partial charge in [0.15, 0.2) is 0 Å². The van der Waals surface area contributed by atoms with Gasteiger partial charge in [-0.2, -0.15) is 4.98 Å². The Labute approximate surface area is 116 Å². The molecule has 0 aliphatic carbocycles. The molecule has 1 aromatic heterocycles. The SMILES string of the molecule is Cc1nc(=O)n(C(C)(C)C(N)=O)c(C)c1C(C)C(=O)O. The Kier molecular flexibility index (Phi) is 4.02. The average molecular weight is 281 g/mol. The van der Waals surface area contributed by atoms with Crippen LogP contribution in [0.25, 0.3) is 0 Å². The highest BCUT2D eigenvalue weighted by Crippen LogP contribution is 2.24. The van der Waals surface area contributed by atoms with E-state index in [-0.39, 0.29) is 0 Å². The largest absolute Gasteiger partial charge is 0.481 e. The monoisotopic (exact) mass is 281 g/mol. The molecule has 0 bridgehead atoms. The first-order valence-corrected chi connectivity index (χ1v) is 6.15. The van der Waals surface area contributed by atoms with Crippen LogP contribution in [0, 0.1) is 13.8 Å². The number of aromatic nitrogens is 2. The number of carbonyl (C=O) groups excluding carboxylic acids is 1. The highest BCUT2D eigenvalue weighted by Gasteiger charge is 2.33. The van der Waals surface area contributed by atoms with Crippen molar-refractivity contribution in [3.63, 3.8) is 0 Å². The molecule has 0 aliphatic rings. The number of hydrogen-bond donors (Lipinski definition) is 2. The molecule has 1 heterocycles. The van der Waals surface area contributed by atoms with Crippen LogP contribution in [0.1, 0.15) is 43.6 Å². The van der Waals surface area contributed by atoms with E-state index in [9.17, 15) is 14.4 Å². The molecule has 0 fully saturated rings. The van der Waals surface area contributed by atoms with Crippen molar-refractivity contribution >= 4 is 11.9 Å². The highest BCUT2D eigenvalue weighted by molar-refractivity contribution is 5.82. The maximum atomic E-state index is 12.1. The van der Waals surface area contributed by atoms with E-state index in [0.29, 0.717) is 17.0 Å². The summed E-state index contributed by atoms with van der Waals surface area (Å²) >= 11 is 0. The van der Waals surface area contributed by atoms with Crippen LogP contribution in [0.2, 0.25) is 0 Å². The molecule has 0 radical (unpaired) electrons. The van der Waals surface area contributed by atoms with Crippen LogP contribution in [0.5, 0.6) is 0 Å². The van der Waals surface area contributed by atoms with Gasteiger partial charge in [0.2, 0.25) is 5.91 Å². The molecule has 1 rings (SSSR count). The van der Waals surface area contributed by atoms with Gasteiger partial charge < -0.3 is 10.8 Å². The molecule has 3 N–H and O–H groups in total. The van der Waals surface area contributed by atoms with E-state index in [0.717, 1.165) is 4.57 Å². The Hall–Kier alpha value is -2.18. The fourth-order valence-corrected chi connectivity index (χ4v) is 2.30. The van der Waals surface area contributed by atoms with E-state index in [1.54, 1.807) is 13.8 Å². The van der Waals surface area contributed by atoms with Crippen LogP contribution in [0.4, 0.5) is 0 Å². The maximum Gasteiger partial charge on any atom is 0.348 e. The fraction of sp³-hybridized carbons (Fsp3) is 0.538. The summed E-state index contributed by atoms with van der Waals surface area (Å²) in [6.45, 7) is 7.66. The summed E-state index contributed by atoms with van der Waals surface area (Å²) in [5.74, 6) is -2.56. The van der Waals surface area contributed by atoms with Gasteiger partial charge in [-0.3, -0.25) is 14.2 Å². The van der Waals surface area contributed by atoms with Crippen molar-refractivity contribution < 1.29 is 14.7 Å². The van der Waals surface area contributed by atoms with Gasteiger partial charge in [-0.15, -0.1) is 0 Å². The zero-order valence-electron chi connectivity index (χ0n) is 12.2. The summed E-state index contributed by atoms with van der Waals surface area (Å²) in [6.07, 6.45) is 0. The Bertz CT molecular complexity index is 631. The van der Waals surface area contributed by atoms with E-state index in [1.165, 1.54) is 20.8 Å². The highest BCUT2D eigenvalue weighted by atomic mass is 16.4. The molecule has 110 valence electrons. The van der Waals surface area contributed by atoms with Crippen molar-refractivity contribution in [2.75, 3.05) is 0 Å². The number of carboxylic acid groups (broad SMARTS) is 1. The molecule has 1 aromatic rings. The number of rotatable bonds is 4. The van der Waals surface area contributed by atoms with Gasteiger partial charge in [-0.1, -0.05) is 0 Å². The molecule has 1 atom stereocenters. The molecule has 0 saturated heterocycles. The minimum atomic E-state index is -1.28. The summed E-state index contributed by atoms with van der Waals surface area (Å²) in [6, 6.07) is 0. The van der Waals surface area contributed by atoms with Crippen LogP contribution in [0.15, 0.2) is 4.79 Å². The quantitative estimate of drug-likeness (QED) is 0.821. The molecule has 7 heteroatoms. The number of aryl methyl sites for hydroxylation is 1. The molecule has 20 heavy (non-hydrogen) atoms. The molecule has 1 amide bonds. The average Bonchev–Trinajstić information content (AvgIpc) is 2.26. The third-order valence-electron chi connectivity index (χ3n) is 3.54. The lowest BCUT2D eigenvalue weighted by Crippen LogP contribution is -2.48. The van der Waals surface area contributed by atoms with E-state index in [4.69, 9.17) is 10.8 Å². The van der Waals surface area contributed by atoms with Crippen LogP contribution in [-0.4, -0.2) is 26.5 Å². The lowest BCUT2D eigenvalue weighted by atomic mass is 9.96. The van der Waals surface area contributed by atoms with E-state index in [2.05, 4.69) is 4.98 Å². The maximum absolute atomic E-state index is 12.1. The minimum absolute atomic E-state index is 0.346. The van der Waals surface area contributed by atoms with Gasteiger partial charge in [0, 0.05) is 17.0 Å². The predicted molar refractivity (Wildman–Crippen MR) is 72.5 cm³/mol. The zero-order valence-corrected chi connectivity index (χ0v) is 12.2. The van der Waals surface area contributed by atoms with Gasteiger partial charge in [-0.25, -0.2) is 4.79 Å². The van der Waals surface area contributed by atoms with Crippen molar-refractivity contribution in [1.29, 1.82) is 0 Å². The van der Waals surface area contributed by atoms with Gasteiger partial charge >= 0.3 is 11.7 Å². The molecular formula is C13H19N3O4. The number of carbonyl (C=O) groups is 2. The van der Waals surface area contributed by atoms with Crippen molar-refractivity contribution in [2.24, 2.45) is 5.73 Å². The summed E-state index contributed by atoms with van der Waals surface area (Å²) in [5, 5.41) is 9.15. The van der Waals surface area contributed by atoms with Crippen molar-refractivity contribution in [3.05, 3.63) is 27.4 Å². The van der Waals surface area contributed by atoms with Gasteiger partial charge in [0.1, 0.15) is 5.54 Å². The topological polar surface area (TPSA) is 115 Å².